The van der Waals surface area contributed by atoms with Gasteiger partial charge in [-0.2, -0.15) is 0 Å². The number of phenols is 1. The maximum absolute atomic E-state index is 11.9. The van der Waals surface area contributed by atoms with E-state index >= 15 is 0 Å². The molecule has 2 N–H and O–H groups in total. The molecule has 1 amide bonds. The zero-order chi connectivity index (χ0) is 21.7. The zero-order valence-electron chi connectivity index (χ0n) is 19.6. The van der Waals surface area contributed by atoms with Crippen molar-refractivity contribution in [3.63, 3.8) is 0 Å². The van der Waals surface area contributed by atoms with Crippen molar-refractivity contribution in [3.05, 3.63) is 29.8 Å². The smallest absolute Gasteiger partial charge is 0.224 e. The molecule has 1 aromatic rings. The summed E-state index contributed by atoms with van der Waals surface area (Å²) in [6.45, 7) is 3.06. The second-order valence-corrected chi connectivity index (χ2v) is 8.85. The van der Waals surface area contributed by atoms with Gasteiger partial charge >= 0.3 is 0 Å². The minimum Gasteiger partial charge on any atom is -0.508 e. The first-order valence-corrected chi connectivity index (χ1v) is 12.8. The summed E-state index contributed by atoms with van der Waals surface area (Å²) >= 11 is 0. The van der Waals surface area contributed by atoms with Crippen LogP contribution in [0.15, 0.2) is 24.3 Å². The summed E-state index contributed by atoms with van der Waals surface area (Å²) < 4.78 is 0. The van der Waals surface area contributed by atoms with E-state index in [9.17, 15) is 9.90 Å². The van der Waals surface area contributed by atoms with Crippen molar-refractivity contribution >= 4 is 5.91 Å². The highest BCUT2D eigenvalue weighted by Crippen LogP contribution is 2.14. The lowest BCUT2D eigenvalue weighted by Crippen LogP contribution is -2.26. The predicted octanol–water partition coefficient (Wildman–Crippen LogP) is 7.70. The molecule has 0 saturated carbocycles. The number of phenolic OH excluding ortho intramolecular Hbond substituents is 1. The monoisotopic (exact) mass is 417 g/mol. The van der Waals surface area contributed by atoms with Gasteiger partial charge in [0.1, 0.15) is 5.75 Å². The van der Waals surface area contributed by atoms with Gasteiger partial charge in [-0.25, -0.2) is 0 Å². The molecule has 30 heavy (non-hydrogen) atoms. The highest BCUT2D eigenvalue weighted by molar-refractivity contribution is 5.78. The highest BCUT2D eigenvalue weighted by Gasteiger charge is 2.02. The van der Waals surface area contributed by atoms with Crippen molar-refractivity contribution in [1.82, 2.24) is 5.32 Å². The Morgan fingerprint density at radius 3 is 1.50 bits per heavy atom. The fourth-order valence-corrected chi connectivity index (χ4v) is 3.94. The van der Waals surface area contributed by atoms with Crippen LogP contribution in [0.2, 0.25) is 0 Å². The second-order valence-electron chi connectivity index (χ2n) is 8.85. The van der Waals surface area contributed by atoms with Crippen LogP contribution in [0.3, 0.4) is 0 Å². The number of hydrogen-bond donors (Lipinski definition) is 2. The van der Waals surface area contributed by atoms with Gasteiger partial charge in [0, 0.05) is 6.54 Å². The van der Waals surface area contributed by atoms with Gasteiger partial charge in [0.15, 0.2) is 0 Å². The van der Waals surface area contributed by atoms with E-state index in [0.717, 1.165) is 18.5 Å². The Morgan fingerprint density at radius 2 is 1.07 bits per heavy atom. The fraction of sp³-hybridized carbons (Fsp3) is 0.741. The van der Waals surface area contributed by atoms with E-state index in [-0.39, 0.29) is 11.7 Å². The molecule has 0 unspecified atom stereocenters. The Kier molecular flexibility index (Phi) is 17.2. The van der Waals surface area contributed by atoms with E-state index in [2.05, 4.69) is 12.2 Å². The summed E-state index contributed by atoms with van der Waals surface area (Å²) in [6, 6.07) is 6.84. The fourth-order valence-electron chi connectivity index (χ4n) is 3.94. The first-order chi connectivity index (χ1) is 14.7. The van der Waals surface area contributed by atoms with E-state index in [1.165, 1.54) is 103 Å². The Morgan fingerprint density at radius 1 is 0.667 bits per heavy atom. The third kappa shape index (κ3) is 16.3. The van der Waals surface area contributed by atoms with Gasteiger partial charge in [0.05, 0.1) is 6.42 Å². The first-order valence-electron chi connectivity index (χ1n) is 12.8. The molecule has 0 saturated heterocycles. The van der Waals surface area contributed by atoms with Crippen LogP contribution < -0.4 is 5.32 Å². The van der Waals surface area contributed by atoms with Crippen LogP contribution in [0.25, 0.3) is 0 Å². The van der Waals surface area contributed by atoms with Crippen LogP contribution in [0.5, 0.6) is 5.75 Å². The lowest BCUT2D eigenvalue weighted by Gasteiger charge is -2.06. The Labute approximate surface area is 186 Å². The molecule has 3 nitrogen and oxygen atoms in total. The standard InChI is InChI=1S/C27H47NO2/c1-2-3-4-5-6-7-8-9-10-11-12-13-14-15-16-17-18-23-28-27(30)24-25-19-21-26(29)22-20-25/h19-22,29H,2-18,23-24H2,1H3,(H,28,30). The number of carbonyl (C=O) groups is 1. The summed E-state index contributed by atoms with van der Waals surface area (Å²) in [5.41, 5.74) is 0.938. The number of aromatic hydroxyl groups is 1. The largest absolute Gasteiger partial charge is 0.508 e. The molecule has 0 atom stereocenters. The molecule has 0 heterocycles. The molecule has 0 bridgehead atoms. The quantitative estimate of drug-likeness (QED) is 0.213. The van der Waals surface area contributed by atoms with Gasteiger partial charge in [-0.1, -0.05) is 122 Å². The van der Waals surface area contributed by atoms with Crippen molar-refractivity contribution in [2.24, 2.45) is 0 Å². The summed E-state index contributed by atoms with van der Waals surface area (Å²) in [5, 5.41) is 12.3. The third-order valence-electron chi connectivity index (χ3n) is 5.90. The summed E-state index contributed by atoms with van der Waals surface area (Å²) in [4.78, 5) is 11.9. The maximum atomic E-state index is 11.9. The number of benzene rings is 1. The van der Waals surface area contributed by atoms with Crippen molar-refractivity contribution in [2.75, 3.05) is 6.54 Å². The molecular formula is C27H47NO2. The van der Waals surface area contributed by atoms with Crippen LogP contribution in [-0.4, -0.2) is 17.6 Å². The van der Waals surface area contributed by atoms with Crippen LogP contribution in [0.4, 0.5) is 0 Å². The van der Waals surface area contributed by atoms with E-state index in [1.54, 1.807) is 24.3 Å². The average molecular weight is 418 g/mol. The third-order valence-corrected chi connectivity index (χ3v) is 5.90. The van der Waals surface area contributed by atoms with E-state index in [0.29, 0.717) is 6.42 Å². The summed E-state index contributed by atoms with van der Waals surface area (Å²) in [5.74, 6) is 0.305. The molecule has 0 aliphatic rings. The van der Waals surface area contributed by atoms with E-state index in [1.807, 2.05) is 0 Å². The maximum Gasteiger partial charge on any atom is 0.224 e. The topological polar surface area (TPSA) is 49.3 Å². The normalized spacial score (nSPS) is 11.0. The zero-order valence-corrected chi connectivity index (χ0v) is 19.6. The van der Waals surface area contributed by atoms with Gasteiger partial charge in [-0.05, 0) is 24.1 Å². The SMILES string of the molecule is CCCCCCCCCCCCCCCCCCCNC(=O)Cc1ccc(O)cc1. The van der Waals surface area contributed by atoms with E-state index in [4.69, 9.17) is 0 Å². The van der Waals surface area contributed by atoms with Gasteiger partial charge in [0.2, 0.25) is 5.91 Å². The first kappa shape index (κ1) is 26.5. The van der Waals surface area contributed by atoms with Crippen molar-refractivity contribution in [1.29, 1.82) is 0 Å². The number of hydrogen-bond acceptors (Lipinski definition) is 2. The molecule has 3 heteroatoms. The molecular weight excluding hydrogens is 370 g/mol. The van der Waals surface area contributed by atoms with Crippen molar-refractivity contribution in [2.45, 2.75) is 122 Å². The molecule has 1 rings (SSSR count). The van der Waals surface area contributed by atoms with Crippen LogP contribution in [0, 0.1) is 0 Å². The van der Waals surface area contributed by atoms with Gasteiger partial charge < -0.3 is 10.4 Å². The minimum atomic E-state index is 0.0668. The number of carbonyl (C=O) groups excluding carboxylic acids is 1. The molecule has 0 spiro atoms. The average Bonchev–Trinajstić information content (AvgIpc) is 2.74. The molecule has 172 valence electrons. The van der Waals surface area contributed by atoms with Crippen molar-refractivity contribution in [3.8, 4) is 5.75 Å². The predicted molar refractivity (Wildman–Crippen MR) is 129 cm³/mol. The molecule has 0 aliphatic heterocycles. The number of nitrogens with one attached hydrogen (secondary N) is 1. The second kappa shape index (κ2) is 19.5. The van der Waals surface area contributed by atoms with Crippen LogP contribution >= 0.6 is 0 Å². The number of unbranched alkanes of at least 4 members (excludes halogenated alkanes) is 16. The van der Waals surface area contributed by atoms with Gasteiger partial charge in [0.25, 0.3) is 0 Å². The Bertz CT molecular complexity index is 512. The molecule has 0 radical (unpaired) electrons. The van der Waals surface area contributed by atoms with Gasteiger partial charge in [-0.15, -0.1) is 0 Å². The molecule has 0 aromatic heterocycles. The van der Waals surface area contributed by atoms with Crippen LogP contribution in [-0.2, 0) is 11.2 Å². The number of amides is 1. The lowest BCUT2D eigenvalue weighted by atomic mass is 10.0. The molecule has 0 fully saturated rings. The van der Waals surface area contributed by atoms with E-state index < -0.39 is 0 Å². The minimum absolute atomic E-state index is 0.0668. The summed E-state index contributed by atoms with van der Waals surface area (Å²) in [6.07, 6.45) is 23.7. The van der Waals surface area contributed by atoms with Gasteiger partial charge in [-0.3, -0.25) is 4.79 Å². The lowest BCUT2D eigenvalue weighted by molar-refractivity contribution is -0.120. The Balaban J connectivity index is 1.76. The molecule has 0 aliphatic carbocycles. The number of rotatable bonds is 20. The Hall–Kier alpha value is -1.51. The van der Waals surface area contributed by atoms with Crippen molar-refractivity contribution < 1.29 is 9.90 Å². The summed E-state index contributed by atoms with van der Waals surface area (Å²) in [7, 11) is 0. The van der Waals surface area contributed by atoms with Crippen LogP contribution in [0.1, 0.15) is 122 Å². The highest BCUT2D eigenvalue weighted by atomic mass is 16.3. The molecule has 1 aromatic carbocycles.